The molecule has 0 aromatic heterocycles. The second-order valence-corrected chi connectivity index (χ2v) is 5.26. The van der Waals surface area contributed by atoms with Gasteiger partial charge in [0.25, 0.3) is 0 Å². The summed E-state index contributed by atoms with van der Waals surface area (Å²) >= 11 is 0. The number of nitrogens with zero attached hydrogens (tertiary/aromatic N) is 1. The predicted molar refractivity (Wildman–Crippen MR) is 90.0 cm³/mol. The largest absolute Gasteiger partial charge is 0.351 e. The van der Waals surface area contributed by atoms with Crippen LogP contribution in [0.4, 0.5) is 4.79 Å². The van der Waals surface area contributed by atoms with E-state index in [0.29, 0.717) is 0 Å². The number of piperidine rings is 1. The molecule has 1 aliphatic rings. The fourth-order valence-electron chi connectivity index (χ4n) is 2.42. The summed E-state index contributed by atoms with van der Waals surface area (Å²) in [5, 5.41) is 1.87. The highest BCUT2D eigenvalue weighted by Gasteiger charge is 2.09. The first-order chi connectivity index (χ1) is 10.8. The molecule has 0 aliphatic carbocycles. The fourth-order valence-corrected chi connectivity index (χ4v) is 2.42. The summed E-state index contributed by atoms with van der Waals surface area (Å²) in [6.07, 6.45) is 3.57. The molecule has 0 saturated carbocycles. The van der Waals surface area contributed by atoms with E-state index >= 15 is 0 Å². The normalized spacial score (nSPS) is 14.5. The Morgan fingerprint density at radius 1 is 0.818 bits per heavy atom. The molecule has 0 unspecified atom stereocenters. The van der Waals surface area contributed by atoms with Crippen molar-refractivity contribution in [2.24, 2.45) is 5.73 Å². The molecule has 1 saturated heterocycles. The smallest absolute Gasteiger partial charge is 0.326 e. The minimum atomic E-state index is -0.457. The van der Waals surface area contributed by atoms with Crippen LogP contribution in [0.1, 0.15) is 19.3 Å². The van der Waals surface area contributed by atoms with E-state index < -0.39 is 6.03 Å². The number of hydrogen-bond acceptors (Lipinski definition) is 2. The van der Waals surface area contributed by atoms with Crippen molar-refractivity contribution in [3.63, 3.8) is 0 Å². The molecule has 0 spiro atoms. The molecule has 4 heteroatoms. The quantitative estimate of drug-likeness (QED) is 0.892. The number of hydrazine groups is 1. The molecule has 1 aliphatic heterocycles. The summed E-state index contributed by atoms with van der Waals surface area (Å²) in [6, 6.07) is 20.3. The Hall–Kier alpha value is -2.33. The zero-order chi connectivity index (χ0) is 15.6. The van der Waals surface area contributed by atoms with Gasteiger partial charge in [0.1, 0.15) is 0 Å². The van der Waals surface area contributed by atoms with Crippen molar-refractivity contribution in [1.29, 1.82) is 0 Å². The SMILES string of the molecule is NC(=O)NN1CCCCC1.c1ccc(-c2ccccc2)cc1. The third kappa shape index (κ3) is 5.58. The van der Waals surface area contributed by atoms with Crippen LogP contribution in [0.25, 0.3) is 11.1 Å². The van der Waals surface area contributed by atoms with Crippen molar-refractivity contribution >= 4 is 6.03 Å². The minimum Gasteiger partial charge on any atom is -0.351 e. The van der Waals surface area contributed by atoms with Crippen LogP contribution in [0.2, 0.25) is 0 Å². The van der Waals surface area contributed by atoms with E-state index in [1.54, 1.807) is 0 Å². The lowest BCUT2D eigenvalue weighted by atomic mass is 10.1. The van der Waals surface area contributed by atoms with Crippen molar-refractivity contribution in [3.05, 3.63) is 60.7 Å². The Morgan fingerprint density at radius 3 is 1.68 bits per heavy atom. The number of amides is 2. The lowest BCUT2D eigenvalue weighted by molar-refractivity contribution is 0.160. The second-order valence-electron chi connectivity index (χ2n) is 5.26. The number of carbonyl (C=O) groups excluding carboxylic acids is 1. The van der Waals surface area contributed by atoms with Crippen LogP contribution >= 0.6 is 0 Å². The number of benzene rings is 2. The van der Waals surface area contributed by atoms with Gasteiger partial charge >= 0.3 is 6.03 Å². The number of nitrogens with two attached hydrogens (primary N) is 1. The van der Waals surface area contributed by atoms with Crippen LogP contribution in [0.5, 0.6) is 0 Å². The van der Waals surface area contributed by atoms with Gasteiger partial charge in [-0.2, -0.15) is 0 Å². The molecule has 22 heavy (non-hydrogen) atoms. The average molecular weight is 297 g/mol. The molecular weight excluding hydrogens is 274 g/mol. The summed E-state index contributed by atoms with van der Waals surface area (Å²) in [4.78, 5) is 10.3. The maximum absolute atomic E-state index is 10.3. The molecule has 0 radical (unpaired) electrons. The van der Waals surface area contributed by atoms with Crippen LogP contribution in [-0.2, 0) is 0 Å². The van der Waals surface area contributed by atoms with E-state index in [2.05, 4.69) is 54.0 Å². The highest BCUT2D eigenvalue weighted by atomic mass is 16.2. The molecular formula is C18H23N3O. The number of primary amides is 1. The van der Waals surface area contributed by atoms with Gasteiger partial charge in [-0.25, -0.2) is 9.80 Å². The average Bonchev–Trinajstić information content (AvgIpc) is 2.57. The van der Waals surface area contributed by atoms with Gasteiger partial charge in [-0.15, -0.1) is 0 Å². The van der Waals surface area contributed by atoms with Gasteiger partial charge in [0.15, 0.2) is 0 Å². The van der Waals surface area contributed by atoms with E-state index in [0.717, 1.165) is 25.9 Å². The Bertz CT molecular complexity index is 514. The monoisotopic (exact) mass is 297 g/mol. The minimum absolute atomic E-state index is 0.457. The van der Waals surface area contributed by atoms with Gasteiger partial charge in [-0.05, 0) is 24.0 Å². The van der Waals surface area contributed by atoms with Gasteiger partial charge in [0, 0.05) is 13.1 Å². The van der Waals surface area contributed by atoms with Crippen molar-refractivity contribution in [1.82, 2.24) is 10.4 Å². The first-order valence-corrected chi connectivity index (χ1v) is 7.67. The van der Waals surface area contributed by atoms with Crippen LogP contribution in [-0.4, -0.2) is 24.1 Å². The summed E-state index contributed by atoms with van der Waals surface area (Å²) in [5.74, 6) is 0. The van der Waals surface area contributed by atoms with Gasteiger partial charge < -0.3 is 5.73 Å². The molecule has 2 aromatic rings. The molecule has 1 fully saturated rings. The van der Waals surface area contributed by atoms with E-state index in [1.807, 2.05) is 17.1 Å². The van der Waals surface area contributed by atoms with E-state index in [4.69, 9.17) is 5.73 Å². The lowest BCUT2D eigenvalue weighted by Gasteiger charge is -2.25. The zero-order valence-electron chi connectivity index (χ0n) is 12.7. The second kappa shape index (κ2) is 8.85. The molecule has 0 atom stereocenters. The Balaban J connectivity index is 0.000000164. The van der Waals surface area contributed by atoms with E-state index in [-0.39, 0.29) is 0 Å². The molecule has 4 nitrogen and oxygen atoms in total. The molecule has 1 heterocycles. The third-order valence-electron chi connectivity index (χ3n) is 3.51. The van der Waals surface area contributed by atoms with Crippen LogP contribution in [0, 0.1) is 0 Å². The molecule has 3 rings (SSSR count). The Kier molecular flexibility index (Phi) is 6.45. The van der Waals surface area contributed by atoms with Gasteiger partial charge in [0.2, 0.25) is 0 Å². The van der Waals surface area contributed by atoms with E-state index in [1.165, 1.54) is 17.5 Å². The van der Waals surface area contributed by atoms with Crippen LogP contribution in [0.3, 0.4) is 0 Å². The molecule has 0 bridgehead atoms. The zero-order valence-corrected chi connectivity index (χ0v) is 12.7. The van der Waals surface area contributed by atoms with Gasteiger partial charge in [-0.1, -0.05) is 67.1 Å². The highest BCUT2D eigenvalue weighted by Crippen LogP contribution is 2.17. The number of rotatable bonds is 2. The lowest BCUT2D eigenvalue weighted by Crippen LogP contribution is -2.47. The van der Waals surface area contributed by atoms with Crippen molar-refractivity contribution in [3.8, 4) is 11.1 Å². The Morgan fingerprint density at radius 2 is 1.27 bits per heavy atom. The van der Waals surface area contributed by atoms with Crippen molar-refractivity contribution in [2.45, 2.75) is 19.3 Å². The standard InChI is InChI=1S/C12H10.C6H13N3O/c1-3-7-11(8-4-1)12-9-5-2-6-10-12;7-6(10)8-9-4-2-1-3-5-9/h1-10H;1-5H2,(H3,7,8,10). The Labute approximate surface area is 131 Å². The maximum Gasteiger partial charge on any atom is 0.326 e. The van der Waals surface area contributed by atoms with Gasteiger partial charge in [0.05, 0.1) is 0 Å². The van der Waals surface area contributed by atoms with Crippen LogP contribution < -0.4 is 11.2 Å². The first kappa shape index (κ1) is 16.0. The summed E-state index contributed by atoms with van der Waals surface area (Å²) < 4.78 is 0. The summed E-state index contributed by atoms with van der Waals surface area (Å²) in [6.45, 7) is 1.87. The van der Waals surface area contributed by atoms with Crippen molar-refractivity contribution in [2.75, 3.05) is 13.1 Å². The molecule has 116 valence electrons. The van der Waals surface area contributed by atoms with E-state index in [9.17, 15) is 4.79 Å². The number of nitrogens with one attached hydrogen (secondary N) is 1. The first-order valence-electron chi connectivity index (χ1n) is 7.67. The maximum atomic E-state index is 10.3. The number of hydrogen-bond donors (Lipinski definition) is 2. The van der Waals surface area contributed by atoms with Gasteiger partial charge in [-0.3, -0.25) is 5.43 Å². The molecule has 3 N–H and O–H groups in total. The highest BCUT2D eigenvalue weighted by molar-refractivity contribution is 5.70. The topological polar surface area (TPSA) is 58.4 Å². The fraction of sp³-hybridized carbons (Fsp3) is 0.278. The van der Waals surface area contributed by atoms with Crippen molar-refractivity contribution < 1.29 is 4.79 Å². The number of urea groups is 1. The third-order valence-corrected chi connectivity index (χ3v) is 3.51. The predicted octanol–water partition coefficient (Wildman–Crippen LogP) is 3.41. The molecule has 2 aromatic carbocycles. The summed E-state index contributed by atoms with van der Waals surface area (Å²) in [7, 11) is 0. The molecule has 2 amide bonds. The number of carbonyl (C=O) groups is 1. The summed E-state index contributed by atoms with van der Waals surface area (Å²) in [5.41, 5.74) is 10.0. The van der Waals surface area contributed by atoms with Crippen LogP contribution in [0.15, 0.2) is 60.7 Å².